The molecular formula is C21H17N5O3. The molecule has 1 aliphatic rings. The van der Waals surface area contributed by atoms with E-state index in [0.717, 1.165) is 5.69 Å². The normalized spacial score (nSPS) is 12.8. The predicted molar refractivity (Wildman–Crippen MR) is 106 cm³/mol. The van der Waals surface area contributed by atoms with Crippen LogP contribution >= 0.6 is 0 Å². The van der Waals surface area contributed by atoms with E-state index in [1.165, 1.54) is 19.4 Å². The molecule has 1 aromatic heterocycles. The molecule has 2 aromatic carbocycles. The SMILES string of the molecule is COc1ccc(C(=O)Nc2cnn3c2C(=O)N(c2ccccc2)CC3)cc1C#N. The van der Waals surface area contributed by atoms with Crippen molar-refractivity contribution in [3.8, 4) is 11.8 Å². The van der Waals surface area contributed by atoms with Crippen molar-refractivity contribution in [2.24, 2.45) is 0 Å². The average molecular weight is 387 g/mol. The highest BCUT2D eigenvalue weighted by Gasteiger charge is 2.30. The summed E-state index contributed by atoms with van der Waals surface area (Å²) in [6, 6.07) is 15.9. The molecule has 144 valence electrons. The maximum Gasteiger partial charge on any atom is 0.278 e. The summed E-state index contributed by atoms with van der Waals surface area (Å²) in [4.78, 5) is 27.4. The van der Waals surface area contributed by atoms with Gasteiger partial charge >= 0.3 is 0 Å². The van der Waals surface area contributed by atoms with Crippen molar-refractivity contribution >= 4 is 23.2 Å². The van der Waals surface area contributed by atoms with Crippen LogP contribution in [0.2, 0.25) is 0 Å². The number of nitrogens with zero attached hydrogens (tertiary/aromatic N) is 4. The van der Waals surface area contributed by atoms with Crippen LogP contribution in [-0.4, -0.2) is 35.2 Å². The Hall–Kier alpha value is -4.12. The van der Waals surface area contributed by atoms with Gasteiger partial charge < -0.3 is 15.0 Å². The number of carbonyl (C=O) groups excluding carboxylic acids is 2. The van der Waals surface area contributed by atoms with Gasteiger partial charge in [0.25, 0.3) is 11.8 Å². The van der Waals surface area contributed by atoms with Crippen LogP contribution in [0.5, 0.6) is 5.75 Å². The maximum absolute atomic E-state index is 13.1. The van der Waals surface area contributed by atoms with Gasteiger partial charge in [-0.25, -0.2) is 0 Å². The first-order valence-electron chi connectivity index (χ1n) is 8.94. The van der Waals surface area contributed by atoms with E-state index in [1.54, 1.807) is 21.7 Å². The summed E-state index contributed by atoms with van der Waals surface area (Å²) in [6.07, 6.45) is 1.47. The van der Waals surface area contributed by atoms with Crippen molar-refractivity contribution in [3.05, 3.63) is 71.5 Å². The zero-order valence-electron chi connectivity index (χ0n) is 15.6. The molecular weight excluding hydrogens is 370 g/mol. The number of nitrogens with one attached hydrogen (secondary N) is 1. The molecule has 0 aliphatic carbocycles. The summed E-state index contributed by atoms with van der Waals surface area (Å²) >= 11 is 0. The molecule has 0 saturated heterocycles. The van der Waals surface area contributed by atoms with E-state index in [0.29, 0.717) is 30.2 Å². The Morgan fingerprint density at radius 3 is 2.72 bits per heavy atom. The van der Waals surface area contributed by atoms with Crippen LogP contribution in [0.25, 0.3) is 0 Å². The first kappa shape index (κ1) is 18.3. The minimum absolute atomic E-state index is 0.234. The first-order chi connectivity index (χ1) is 14.1. The van der Waals surface area contributed by atoms with Gasteiger partial charge in [-0.3, -0.25) is 14.3 Å². The van der Waals surface area contributed by atoms with Crippen molar-refractivity contribution in [3.63, 3.8) is 0 Å². The van der Waals surface area contributed by atoms with Crippen molar-refractivity contribution in [1.29, 1.82) is 5.26 Å². The zero-order chi connectivity index (χ0) is 20.4. The molecule has 3 aromatic rings. The van der Waals surface area contributed by atoms with Gasteiger partial charge in [0.1, 0.15) is 17.5 Å². The number of amides is 2. The van der Waals surface area contributed by atoms with Gasteiger partial charge in [0.15, 0.2) is 0 Å². The number of fused-ring (bicyclic) bond motifs is 1. The minimum Gasteiger partial charge on any atom is -0.495 e. The summed E-state index contributed by atoms with van der Waals surface area (Å²) in [5.41, 5.74) is 1.97. The number of hydrogen-bond donors (Lipinski definition) is 1. The molecule has 0 radical (unpaired) electrons. The van der Waals surface area contributed by atoms with Gasteiger partial charge in [-0.15, -0.1) is 0 Å². The van der Waals surface area contributed by atoms with Gasteiger partial charge in [0, 0.05) is 17.8 Å². The molecule has 0 bridgehead atoms. The topological polar surface area (TPSA) is 100 Å². The number of methoxy groups -OCH3 is 1. The molecule has 2 heterocycles. The van der Waals surface area contributed by atoms with Crippen LogP contribution in [-0.2, 0) is 6.54 Å². The summed E-state index contributed by atoms with van der Waals surface area (Å²) in [7, 11) is 1.46. The van der Waals surface area contributed by atoms with E-state index >= 15 is 0 Å². The van der Waals surface area contributed by atoms with Crippen LogP contribution in [0.4, 0.5) is 11.4 Å². The Balaban J connectivity index is 1.61. The molecule has 0 fully saturated rings. The van der Waals surface area contributed by atoms with Crippen LogP contribution in [0.15, 0.2) is 54.7 Å². The van der Waals surface area contributed by atoms with E-state index in [1.807, 2.05) is 36.4 Å². The number of nitriles is 1. The highest BCUT2D eigenvalue weighted by Crippen LogP contribution is 2.26. The lowest BCUT2D eigenvalue weighted by atomic mass is 10.1. The van der Waals surface area contributed by atoms with Crippen molar-refractivity contribution in [2.45, 2.75) is 6.54 Å². The third kappa shape index (κ3) is 3.30. The number of aromatic nitrogens is 2. The van der Waals surface area contributed by atoms with Crippen molar-refractivity contribution in [1.82, 2.24) is 9.78 Å². The van der Waals surface area contributed by atoms with Crippen LogP contribution < -0.4 is 15.0 Å². The Bertz CT molecular complexity index is 1130. The molecule has 0 saturated carbocycles. The van der Waals surface area contributed by atoms with Gasteiger partial charge in [0.05, 0.1) is 31.1 Å². The number of ether oxygens (including phenoxy) is 1. The fourth-order valence-electron chi connectivity index (χ4n) is 3.28. The third-order valence-corrected chi connectivity index (χ3v) is 4.72. The van der Waals surface area contributed by atoms with E-state index < -0.39 is 5.91 Å². The second-order valence-corrected chi connectivity index (χ2v) is 6.40. The van der Waals surface area contributed by atoms with Crippen molar-refractivity contribution < 1.29 is 14.3 Å². The number of carbonyl (C=O) groups is 2. The van der Waals surface area contributed by atoms with Crippen LogP contribution in [0.3, 0.4) is 0 Å². The number of benzene rings is 2. The summed E-state index contributed by atoms with van der Waals surface area (Å²) < 4.78 is 6.69. The first-order valence-corrected chi connectivity index (χ1v) is 8.94. The minimum atomic E-state index is -0.440. The second-order valence-electron chi connectivity index (χ2n) is 6.40. The van der Waals surface area contributed by atoms with E-state index in [4.69, 9.17) is 4.74 Å². The smallest absolute Gasteiger partial charge is 0.278 e. The number of rotatable bonds is 4. The molecule has 0 atom stereocenters. The third-order valence-electron chi connectivity index (χ3n) is 4.72. The maximum atomic E-state index is 13.1. The molecule has 4 rings (SSSR count). The monoisotopic (exact) mass is 387 g/mol. The largest absolute Gasteiger partial charge is 0.495 e. The second kappa shape index (κ2) is 7.48. The lowest BCUT2D eigenvalue weighted by molar-refractivity contribution is 0.0963. The average Bonchev–Trinajstić information content (AvgIpc) is 3.17. The number of hydrogen-bond acceptors (Lipinski definition) is 5. The Labute approximate surface area is 166 Å². The Morgan fingerprint density at radius 1 is 1.21 bits per heavy atom. The van der Waals surface area contributed by atoms with Gasteiger partial charge in [-0.05, 0) is 30.3 Å². The van der Waals surface area contributed by atoms with E-state index in [2.05, 4.69) is 10.4 Å². The Kier molecular flexibility index (Phi) is 4.71. The van der Waals surface area contributed by atoms with Crippen LogP contribution in [0.1, 0.15) is 26.4 Å². The highest BCUT2D eigenvalue weighted by molar-refractivity contribution is 6.13. The summed E-state index contributed by atoms with van der Waals surface area (Å²) in [6.45, 7) is 1.02. The standard InChI is InChI=1S/C21H17N5O3/c1-29-18-8-7-14(11-15(18)12-22)20(27)24-17-13-23-26-10-9-25(21(28)19(17)26)16-5-3-2-4-6-16/h2-8,11,13H,9-10H2,1H3,(H,24,27). The number of anilines is 2. The lowest BCUT2D eigenvalue weighted by Gasteiger charge is -2.28. The fraction of sp³-hybridized carbons (Fsp3) is 0.143. The molecule has 1 aliphatic heterocycles. The van der Waals surface area contributed by atoms with Gasteiger partial charge in [-0.2, -0.15) is 10.4 Å². The summed E-state index contributed by atoms with van der Waals surface area (Å²) in [5.74, 6) is -0.284. The van der Waals surface area contributed by atoms with Gasteiger partial charge in [0.2, 0.25) is 0 Å². The Morgan fingerprint density at radius 2 is 2.00 bits per heavy atom. The van der Waals surface area contributed by atoms with E-state index in [-0.39, 0.29) is 17.0 Å². The van der Waals surface area contributed by atoms with Gasteiger partial charge in [-0.1, -0.05) is 18.2 Å². The van der Waals surface area contributed by atoms with Crippen LogP contribution in [0, 0.1) is 11.3 Å². The molecule has 2 amide bonds. The van der Waals surface area contributed by atoms with E-state index in [9.17, 15) is 14.9 Å². The highest BCUT2D eigenvalue weighted by atomic mass is 16.5. The molecule has 0 spiro atoms. The van der Waals surface area contributed by atoms with Crippen molar-refractivity contribution in [2.75, 3.05) is 23.9 Å². The molecule has 29 heavy (non-hydrogen) atoms. The lowest BCUT2D eigenvalue weighted by Crippen LogP contribution is -2.41. The molecule has 1 N–H and O–H groups in total. The molecule has 8 nitrogen and oxygen atoms in total. The molecule has 8 heteroatoms. The quantitative estimate of drug-likeness (QED) is 0.742. The summed E-state index contributed by atoms with van der Waals surface area (Å²) in [5, 5.41) is 16.2. The molecule has 0 unspecified atom stereocenters. The zero-order valence-corrected chi connectivity index (χ0v) is 15.6. The fourth-order valence-corrected chi connectivity index (χ4v) is 3.28. The predicted octanol–water partition coefficient (Wildman–Crippen LogP) is 2.68. The number of para-hydroxylation sites is 1.